The van der Waals surface area contributed by atoms with Crippen molar-refractivity contribution in [2.45, 2.75) is 19.3 Å². The number of halogens is 1. The van der Waals surface area contributed by atoms with Crippen LogP contribution < -0.4 is 5.32 Å². The number of ether oxygens (including phenoxy) is 2. The fourth-order valence-electron chi connectivity index (χ4n) is 3.38. The minimum atomic E-state index is 0.298. The normalized spacial score (nSPS) is 23.6. The maximum Gasteiger partial charge on any atom is 0.107 e. The van der Waals surface area contributed by atoms with E-state index in [1.807, 2.05) is 6.26 Å². The first kappa shape index (κ1) is 14.1. The van der Waals surface area contributed by atoms with Crippen LogP contribution in [0.4, 0.5) is 0 Å². The van der Waals surface area contributed by atoms with Gasteiger partial charge in [-0.2, -0.15) is 0 Å². The molecule has 0 fully saturated rings. The van der Waals surface area contributed by atoms with Crippen molar-refractivity contribution in [1.82, 2.24) is 5.32 Å². The van der Waals surface area contributed by atoms with E-state index in [1.165, 1.54) is 28.0 Å². The number of rotatable bonds is 1. The SMILES string of the molecule is Cc1ccc(C2C3=CCOC=C3NC3=C2CCOC3)cc1Br. The van der Waals surface area contributed by atoms with Gasteiger partial charge >= 0.3 is 0 Å². The Balaban J connectivity index is 1.86. The first-order valence-electron chi connectivity index (χ1n) is 7.59. The van der Waals surface area contributed by atoms with Crippen LogP contribution in [0.1, 0.15) is 23.5 Å². The smallest absolute Gasteiger partial charge is 0.107 e. The molecule has 1 aromatic carbocycles. The zero-order valence-electron chi connectivity index (χ0n) is 12.5. The lowest BCUT2D eigenvalue weighted by atomic mass is 9.77. The molecule has 1 unspecified atom stereocenters. The van der Waals surface area contributed by atoms with Gasteiger partial charge in [0.05, 0.1) is 18.9 Å². The molecule has 0 aromatic heterocycles. The van der Waals surface area contributed by atoms with Gasteiger partial charge in [-0.15, -0.1) is 0 Å². The topological polar surface area (TPSA) is 30.5 Å². The molecule has 3 heterocycles. The van der Waals surface area contributed by atoms with E-state index in [9.17, 15) is 0 Å². The number of allylic oxidation sites excluding steroid dienone is 1. The number of nitrogens with one attached hydrogen (secondary N) is 1. The molecule has 1 atom stereocenters. The molecular weight excluding hydrogens is 342 g/mol. The highest BCUT2D eigenvalue weighted by Crippen LogP contribution is 2.44. The summed E-state index contributed by atoms with van der Waals surface area (Å²) >= 11 is 3.67. The van der Waals surface area contributed by atoms with Crippen molar-refractivity contribution in [3.05, 3.63) is 68.7 Å². The van der Waals surface area contributed by atoms with Gasteiger partial charge in [-0.25, -0.2) is 0 Å². The first-order chi connectivity index (χ1) is 10.7. The van der Waals surface area contributed by atoms with Crippen LogP contribution in [0.25, 0.3) is 0 Å². The molecule has 114 valence electrons. The van der Waals surface area contributed by atoms with Crippen molar-refractivity contribution in [3.63, 3.8) is 0 Å². The fourth-order valence-corrected chi connectivity index (χ4v) is 3.77. The Labute approximate surface area is 138 Å². The average molecular weight is 360 g/mol. The predicted molar refractivity (Wildman–Crippen MR) is 89.3 cm³/mol. The van der Waals surface area contributed by atoms with E-state index in [-0.39, 0.29) is 0 Å². The van der Waals surface area contributed by atoms with Gasteiger partial charge in [0, 0.05) is 16.1 Å². The molecule has 0 spiro atoms. The lowest BCUT2D eigenvalue weighted by Crippen LogP contribution is -2.34. The molecule has 0 amide bonds. The summed E-state index contributed by atoms with van der Waals surface area (Å²) in [7, 11) is 0. The maximum atomic E-state index is 5.63. The Morgan fingerprint density at radius 2 is 2.23 bits per heavy atom. The summed E-state index contributed by atoms with van der Waals surface area (Å²) in [5.74, 6) is 0.298. The molecule has 1 N–H and O–H groups in total. The molecule has 0 saturated carbocycles. The lowest BCUT2D eigenvalue weighted by Gasteiger charge is -2.37. The Kier molecular flexibility index (Phi) is 3.59. The molecule has 0 radical (unpaired) electrons. The molecule has 0 bridgehead atoms. The second-order valence-electron chi connectivity index (χ2n) is 5.90. The summed E-state index contributed by atoms with van der Waals surface area (Å²) in [5.41, 5.74) is 7.62. The molecule has 22 heavy (non-hydrogen) atoms. The van der Waals surface area contributed by atoms with Crippen molar-refractivity contribution in [2.24, 2.45) is 0 Å². The molecule has 0 aliphatic carbocycles. The van der Waals surface area contributed by atoms with Crippen molar-refractivity contribution in [1.29, 1.82) is 0 Å². The summed E-state index contributed by atoms with van der Waals surface area (Å²) in [5, 5.41) is 3.49. The third kappa shape index (κ3) is 2.31. The third-order valence-electron chi connectivity index (χ3n) is 4.54. The lowest BCUT2D eigenvalue weighted by molar-refractivity contribution is 0.138. The van der Waals surface area contributed by atoms with E-state index in [4.69, 9.17) is 9.47 Å². The van der Waals surface area contributed by atoms with Gasteiger partial charge in [-0.3, -0.25) is 0 Å². The molecule has 0 saturated heterocycles. The molecular formula is C18H18BrNO2. The first-order valence-corrected chi connectivity index (χ1v) is 8.38. The van der Waals surface area contributed by atoms with Crippen LogP contribution in [0.5, 0.6) is 0 Å². The van der Waals surface area contributed by atoms with E-state index in [0.29, 0.717) is 19.1 Å². The monoisotopic (exact) mass is 359 g/mol. The van der Waals surface area contributed by atoms with Crippen LogP contribution >= 0.6 is 15.9 Å². The van der Waals surface area contributed by atoms with Gasteiger partial charge in [0.25, 0.3) is 0 Å². The van der Waals surface area contributed by atoms with Crippen molar-refractivity contribution < 1.29 is 9.47 Å². The van der Waals surface area contributed by atoms with E-state index in [1.54, 1.807) is 0 Å². The quantitative estimate of drug-likeness (QED) is 0.824. The second-order valence-corrected chi connectivity index (χ2v) is 6.75. The van der Waals surface area contributed by atoms with Crippen molar-refractivity contribution in [3.8, 4) is 0 Å². The Bertz CT molecular complexity index is 718. The third-order valence-corrected chi connectivity index (χ3v) is 5.39. The van der Waals surface area contributed by atoms with E-state index in [0.717, 1.165) is 23.2 Å². The Morgan fingerprint density at radius 3 is 3.09 bits per heavy atom. The molecule has 1 aromatic rings. The van der Waals surface area contributed by atoms with Crippen LogP contribution in [-0.2, 0) is 9.47 Å². The molecule has 4 rings (SSSR count). The van der Waals surface area contributed by atoms with E-state index in [2.05, 4.69) is 52.4 Å². The summed E-state index contributed by atoms with van der Waals surface area (Å²) < 4.78 is 12.3. The minimum Gasteiger partial charge on any atom is -0.495 e. The van der Waals surface area contributed by atoms with Crippen molar-refractivity contribution in [2.75, 3.05) is 19.8 Å². The molecule has 3 aliphatic rings. The average Bonchev–Trinajstić information content (AvgIpc) is 2.55. The number of hydrogen-bond donors (Lipinski definition) is 1. The maximum absolute atomic E-state index is 5.63. The van der Waals surface area contributed by atoms with Gasteiger partial charge < -0.3 is 14.8 Å². The van der Waals surface area contributed by atoms with Crippen LogP contribution in [-0.4, -0.2) is 19.8 Å². The molecule has 4 heteroatoms. The van der Waals surface area contributed by atoms with E-state index >= 15 is 0 Å². The number of hydrogen-bond acceptors (Lipinski definition) is 3. The number of benzene rings is 1. The standard InChI is InChI=1S/C18H18BrNO2/c1-11-2-3-12(8-15(11)19)18-13-4-6-21-9-16(13)20-17-10-22-7-5-14(17)18/h2-4,8-9,18,20H,5-7,10H2,1H3. The summed E-state index contributed by atoms with van der Waals surface area (Å²) in [6.45, 7) is 4.22. The zero-order valence-corrected chi connectivity index (χ0v) is 14.1. The van der Waals surface area contributed by atoms with Gasteiger partial charge in [0.15, 0.2) is 0 Å². The number of fused-ring (bicyclic) bond motifs is 1. The zero-order chi connectivity index (χ0) is 15.1. The highest BCUT2D eigenvalue weighted by Gasteiger charge is 2.34. The van der Waals surface area contributed by atoms with Crippen LogP contribution in [0.2, 0.25) is 0 Å². The second kappa shape index (κ2) is 5.60. The van der Waals surface area contributed by atoms with Crippen molar-refractivity contribution >= 4 is 15.9 Å². The Morgan fingerprint density at radius 1 is 1.32 bits per heavy atom. The summed E-state index contributed by atoms with van der Waals surface area (Å²) in [4.78, 5) is 0. The van der Waals surface area contributed by atoms with Crippen LogP contribution in [0.3, 0.4) is 0 Å². The highest BCUT2D eigenvalue weighted by atomic mass is 79.9. The largest absolute Gasteiger partial charge is 0.495 e. The van der Waals surface area contributed by atoms with E-state index < -0.39 is 0 Å². The summed E-state index contributed by atoms with van der Waals surface area (Å²) in [6.07, 6.45) is 5.01. The highest BCUT2D eigenvalue weighted by molar-refractivity contribution is 9.10. The summed E-state index contributed by atoms with van der Waals surface area (Å²) in [6, 6.07) is 6.67. The Hall–Kier alpha value is -1.52. The van der Waals surface area contributed by atoms with Gasteiger partial charge in [-0.1, -0.05) is 28.1 Å². The van der Waals surface area contributed by atoms with Gasteiger partial charge in [-0.05, 0) is 47.8 Å². The molecule has 3 nitrogen and oxygen atoms in total. The number of aryl methyl sites for hydroxylation is 1. The minimum absolute atomic E-state index is 0.298. The van der Waals surface area contributed by atoms with Crippen LogP contribution in [0, 0.1) is 6.92 Å². The van der Waals surface area contributed by atoms with Crippen LogP contribution in [0.15, 0.2) is 57.6 Å². The van der Waals surface area contributed by atoms with Gasteiger partial charge in [0.1, 0.15) is 12.9 Å². The fraction of sp³-hybridized carbons (Fsp3) is 0.333. The molecule has 3 aliphatic heterocycles. The van der Waals surface area contributed by atoms with Gasteiger partial charge in [0.2, 0.25) is 0 Å². The predicted octanol–water partition coefficient (Wildman–Crippen LogP) is 3.92.